The zero-order valence-corrected chi connectivity index (χ0v) is 44.4. The number of amides is 8. The molecule has 0 spiro atoms. The van der Waals surface area contributed by atoms with Crippen LogP contribution in [0.3, 0.4) is 0 Å². The Hall–Kier alpha value is -9.11. The molecule has 2 heterocycles. The SMILES string of the molecule is C=C(N)NCCC[C@@H]1NC(=O)[C@H](CCCCNC(=O)CCC2=CN(CCCC[C@@H](NC(=O)OC3Cc4ccccc4C#Cc4ccccc43)C(N)=O)NN2)NC(=O)[C@@H](Cc2ccccc2)NC(=O)[C@H](CC(=O)O)NC(=O)CNC1=O. The van der Waals surface area contributed by atoms with Gasteiger partial charge in [-0.15, -0.1) is 5.53 Å². The Balaban J connectivity index is 0.971. The van der Waals surface area contributed by atoms with E-state index in [0.29, 0.717) is 63.6 Å². The van der Waals surface area contributed by atoms with Crippen molar-refractivity contribution in [2.24, 2.45) is 11.5 Å². The molecule has 0 bridgehead atoms. The molecule has 1 fully saturated rings. The summed E-state index contributed by atoms with van der Waals surface area (Å²) in [5.74, 6) is 0.171. The van der Waals surface area contributed by atoms with Gasteiger partial charge in [0.05, 0.1) is 18.8 Å². The van der Waals surface area contributed by atoms with Crippen molar-refractivity contribution in [3.05, 3.63) is 131 Å². The number of rotatable bonds is 25. The highest BCUT2D eigenvalue weighted by Crippen LogP contribution is 2.29. The summed E-state index contributed by atoms with van der Waals surface area (Å²) in [6.07, 6.45) is 3.06. The molecule has 24 heteroatoms. The monoisotopic (exact) mass is 1100 g/mol. The number of fused-ring (bicyclic) bond motifs is 2. The maximum Gasteiger partial charge on any atom is 0.408 e. The van der Waals surface area contributed by atoms with E-state index in [9.17, 15) is 48.3 Å². The Labute approximate surface area is 463 Å². The second kappa shape index (κ2) is 30.7. The van der Waals surface area contributed by atoms with E-state index >= 15 is 0 Å². The molecule has 6 rings (SSSR count). The Morgan fingerprint density at radius 1 is 0.738 bits per heavy atom. The van der Waals surface area contributed by atoms with Crippen molar-refractivity contribution in [1.82, 2.24) is 58.5 Å². The van der Waals surface area contributed by atoms with Gasteiger partial charge >= 0.3 is 12.1 Å². The van der Waals surface area contributed by atoms with Crippen molar-refractivity contribution < 1.29 is 53.0 Å². The van der Waals surface area contributed by atoms with Crippen LogP contribution in [-0.4, -0.2) is 120 Å². The summed E-state index contributed by atoms with van der Waals surface area (Å²) < 4.78 is 5.91. The van der Waals surface area contributed by atoms with Crippen molar-refractivity contribution >= 4 is 53.4 Å². The van der Waals surface area contributed by atoms with Crippen LogP contribution in [0.1, 0.15) is 105 Å². The Kier molecular flexibility index (Phi) is 23.1. The van der Waals surface area contributed by atoms with E-state index in [2.05, 4.69) is 71.9 Å². The van der Waals surface area contributed by atoms with Gasteiger partial charge in [-0.2, -0.15) is 0 Å². The highest BCUT2D eigenvalue weighted by molar-refractivity contribution is 5.98. The normalized spacial score (nSPS) is 19.6. The zero-order chi connectivity index (χ0) is 57.4. The van der Waals surface area contributed by atoms with E-state index in [1.807, 2.05) is 54.7 Å². The molecule has 0 saturated carbocycles. The number of hydrogen-bond donors (Lipinski definition) is 13. The van der Waals surface area contributed by atoms with E-state index in [-0.39, 0.29) is 50.4 Å². The molecule has 24 nitrogen and oxygen atoms in total. The molecule has 3 aromatic carbocycles. The second-order valence-corrected chi connectivity index (χ2v) is 19.5. The van der Waals surface area contributed by atoms with Crippen LogP contribution in [0.4, 0.5) is 4.79 Å². The Morgan fingerprint density at radius 3 is 2.14 bits per heavy atom. The highest BCUT2D eigenvalue weighted by Gasteiger charge is 2.34. The molecule has 80 heavy (non-hydrogen) atoms. The van der Waals surface area contributed by atoms with Gasteiger partial charge in [-0.05, 0) is 81.0 Å². The van der Waals surface area contributed by atoms with Crippen molar-refractivity contribution in [3.8, 4) is 11.8 Å². The standard InChI is InChI=1S/C56H71N13O11/c1-35(57)59-28-13-22-43-52(75)61-33-49(71)62-46(32-50(72)73)55(78)65-45(30-36-14-3-2-4-15-36)54(77)64-44(53(76)63-43)21-9-11-27-60-48(70)26-25-40-34-69(68-67-40)29-12-10-20-42(51(58)74)66-56(79)80-47-31-39-18-6-5-16-37(39)23-24-38-17-7-8-19-41(38)47/h2-8,14-19,34,42-47,59,67-68H,1,9-13,20-22,25-33,57H2,(H2,58,74)(H,60,70)(H,61,75)(H,62,71)(H,63,76)(H,64,77)(H,65,78)(H,66,79)(H,72,73)/t42-,43+,44+,45-,46+,47?/m1/s1. The molecule has 3 aliphatic rings. The number of hydrogen-bond acceptors (Lipinski definition) is 15. The van der Waals surface area contributed by atoms with E-state index in [4.69, 9.17) is 16.2 Å². The predicted molar refractivity (Wildman–Crippen MR) is 293 cm³/mol. The number of hydrazine groups is 2. The molecule has 6 atom stereocenters. The van der Waals surface area contributed by atoms with Gasteiger partial charge in [0.2, 0.25) is 41.4 Å². The van der Waals surface area contributed by atoms with Gasteiger partial charge in [0.1, 0.15) is 36.3 Å². The molecule has 0 radical (unpaired) electrons. The molecule has 15 N–H and O–H groups in total. The van der Waals surface area contributed by atoms with E-state index < -0.39 is 96.8 Å². The van der Waals surface area contributed by atoms with Crippen LogP contribution in [0, 0.1) is 11.8 Å². The van der Waals surface area contributed by atoms with Crippen LogP contribution < -0.4 is 65.0 Å². The third-order valence-electron chi connectivity index (χ3n) is 13.3. The molecule has 2 aliphatic heterocycles. The maximum atomic E-state index is 14.1. The van der Waals surface area contributed by atoms with Crippen LogP contribution in [0.2, 0.25) is 0 Å². The largest absolute Gasteiger partial charge is 0.481 e. The van der Waals surface area contributed by atoms with Crippen molar-refractivity contribution in [2.75, 3.05) is 26.2 Å². The van der Waals surface area contributed by atoms with Crippen LogP contribution >= 0.6 is 0 Å². The number of alkyl carbamates (subject to hydrolysis) is 1. The number of unbranched alkanes of at least 4 members (excludes halogenated alkanes) is 2. The average molecular weight is 1100 g/mol. The fraction of sp³-hybridized carbons (Fsp3) is 0.411. The van der Waals surface area contributed by atoms with Crippen LogP contribution in [0.15, 0.2) is 103 Å². The molecule has 1 aliphatic carbocycles. The first kappa shape index (κ1) is 60.1. The molecule has 1 saturated heterocycles. The smallest absolute Gasteiger partial charge is 0.408 e. The number of nitrogens with zero attached hydrogens (tertiary/aromatic N) is 1. The summed E-state index contributed by atoms with van der Waals surface area (Å²) in [4.78, 5) is 118. The lowest BCUT2D eigenvalue weighted by molar-refractivity contribution is -0.141. The summed E-state index contributed by atoms with van der Waals surface area (Å²) in [5.41, 5.74) is 22.1. The summed E-state index contributed by atoms with van der Waals surface area (Å²) in [6, 6.07) is 17.5. The minimum absolute atomic E-state index is 0.0522. The van der Waals surface area contributed by atoms with Crippen LogP contribution in [-0.2, 0) is 55.9 Å². The van der Waals surface area contributed by atoms with Crippen LogP contribution in [0.25, 0.3) is 0 Å². The number of carboxylic acids is 1. The lowest BCUT2D eigenvalue weighted by Gasteiger charge is -2.26. The topological polar surface area (TPSA) is 359 Å². The van der Waals surface area contributed by atoms with Gasteiger partial charge in [-0.3, -0.25) is 43.4 Å². The third-order valence-corrected chi connectivity index (χ3v) is 13.3. The minimum atomic E-state index is -1.61. The number of aliphatic carboxylic acids is 1. The lowest BCUT2D eigenvalue weighted by atomic mass is 9.92. The summed E-state index contributed by atoms with van der Waals surface area (Å²) in [6.45, 7) is 4.00. The van der Waals surface area contributed by atoms with Gasteiger partial charge in [0.25, 0.3) is 0 Å². The fourth-order valence-electron chi connectivity index (χ4n) is 9.05. The van der Waals surface area contributed by atoms with E-state index in [1.165, 1.54) is 0 Å². The Morgan fingerprint density at radius 2 is 1.39 bits per heavy atom. The molecule has 3 aromatic rings. The molecule has 1 unspecified atom stereocenters. The second-order valence-electron chi connectivity index (χ2n) is 19.5. The quantitative estimate of drug-likeness (QED) is 0.0400. The number of carboxylic acid groups (broad SMARTS) is 1. The van der Waals surface area contributed by atoms with Crippen molar-refractivity contribution in [3.63, 3.8) is 0 Å². The first-order chi connectivity index (χ1) is 38.5. The zero-order valence-electron chi connectivity index (χ0n) is 44.4. The van der Waals surface area contributed by atoms with Crippen molar-refractivity contribution in [2.45, 2.75) is 120 Å². The molecular weight excluding hydrogens is 1030 g/mol. The van der Waals surface area contributed by atoms with Gasteiger partial charge in [-0.25, -0.2) is 4.79 Å². The number of carbonyl (C=O) groups excluding carboxylic acids is 8. The minimum Gasteiger partial charge on any atom is -0.481 e. The van der Waals surface area contributed by atoms with Gasteiger partial charge in [0, 0.05) is 67.5 Å². The van der Waals surface area contributed by atoms with E-state index in [0.717, 1.165) is 28.0 Å². The number of carbonyl (C=O) groups is 9. The number of benzene rings is 3. The third kappa shape index (κ3) is 19.7. The maximum absolute atomic E-state index is 14.1. The molecule has 8 amide bonds. The number of nitrogens with two attached hydrogens (primary N) is 2. The van der Waals surface area contributed by atoms with Gasteiger partial charge in [0.15, 0.2) is 0 Å². The number of nitrogens with one attached hydrogen (secondary N) is 10. The fourth-order valence-corrected chi connectivity index (χ4v) is 9.05. The lowest BCUT2D eigenvalue weighted by Crippen LogP contribution is -2.58. The van der Waals surface area contributed by atoms with E-state index in [1.54, 1.807) is 35.3 Å². The molecular formula is C56H71N13O11. The van der Waals surface area contributed by atoms with Gasteiger partial charge < -0.3 is 69.3 Å². The van der Waals surface area contributed by atoms with Crippen molar-refractivity contribution in [1.29, 1.82) is 0 Å². The van der Waals surface area contributed by atoms with Gasteiger partial charge in [-0.1, -0.05) is 85.1 Å². The predicted octanol–water partition coefficient (Wildman–Crippen LogP) is 0.253. The molecule has 426 valence electrons. The first-order valence-corrected chi connectivity index (χ1v) is 26.6. The average Bonchev–Trinajstić information content (AvgIpc) is 3.89. The van der Waals surface area contributed by atoms with Crippen LogP contribution in [0.5, 0.6) is 0 Å². The summed E-state index contributed by atoms with van der Waals surface area (Å²) in [7, 11) is 0. The summed E-state index contributed by atoms with van der Waals surface area (Å²) in [5, 5.41) is 32.5. The number of allylic oxidation sites excluding steroid dienone is 1. The number of primary amides is 1. The molecule has 0 aromatic heterocycles. The summed E-state index contributed by atoms with van der Waals surface area (Å²) >= 11 is 0. The highest BCUT2D eigenvalue weighted by atomic mass is 16.6. The first-order valence-electron chi connectivity index (χ1n) is 26.6. The Bertz CT molecular complexity index is 2820. The number of ether oxygens (including phenoxy) is 1.